The molecule has 0 bridgehead atoms. The van der Waals surface area contributed by atoms with Crippen molar-refractivity contribution in [3.05, 3.63) is 95.1 Å². The molecule has 0 aliphatic carbocycles. The highest BCUT2D eigenvalue weighted by Gasteiger charge is 2.33. The average molecular weight is 433 g/mol. The number of hydrogen-bond donors (Lipinski definition) is 0. The molecule has 0 amide bonds. The number of thioether (sulfide) groups is 1. The Bertz CT molecular complexity index is 971. The summed E-state index contributed by atoms with van der Waals surface area (Å²) >= 11 is 1.79. The lowest BCUT2D eigenvalue weighted by molar-refractivity contribution is 0.126. The minimum Gasteiger partial charge on any atom is -0.494 e. The quantitative estimate of drug-likeness (QED) is 0.398. The van der Waals surface area contributed by atoms with Gasteiger partial charge in [-0.05, 0) is 61.1 Å². The van der Waals surface area contributed by atoms with Gasteiger partial charge in [0.25, 0.3) is 0 Å². The van der Waals surface area contributed by atoms with Gasteiger partial charge >= 0.3 is 0 Å². The molecule has 1 aliphatic heterocycles. The zero-order valence-corrected chi connectivity index (χ0v) is 19.6. The highest BCUT2D eigenvalue weighted by atomic mass is 32.2. The molecule has 0 radical (unpaired) electrons. The first kappa shape index (κ1) is 21.9. The van der Waals surface area contributed by atoms with Gasteiger partial charge in [-0.25, -0.2) is 0 Å². The lowest BCUT2D eigenvalue weighted by Gasteiger charge is -2.31. The van der Waals surface area contributed by atoms with Crippen LogP contribution in [-0.4, -0.2) is 35.8 Å². The molecule has 162 valence electrons. The second kappa shape index (κ2) is 10.4. The topological polar surface area (TPSA) is 15.7 Å². The fraction of sp³-hybridized carbons (Fsp3) is 0.333. The number of rotatable bonds is 8. The molecule has 31 heavy (non-hydrogen) atoms. The number of aryl methyl sites for hydroxylation is 1. The Morgan fingerprint density at radius 2 is 1.55 bits per heavy atom. The molecule has 0 spiro atoms. The average Bonchev–Trinajstić information content (AvgIpc) is 3.17. The zero-order chi connectivity index (χ0) is 21.6. The molecule has 3 aromatic carbocycles. The molecule has 1 saturated heterocycles. The maximum Gasteiger partial charge on any atom is 0.119 e. The fourth-order valence-electron chi connectivity index (χ4n) is 4.40. The summed E-state index contributed by atoms with van der Waals surface area (Å²) in [5.74, 6) is 0.943. The summed E-state index contributed by atoms with van der Waals surface area (Å²) < 4.78 is 5.61. The number of ether oxygens (including phenoxy) is 1. The predicted octanol–water partition coefficient (Wildman–Crippen LogP) is 6.13. The largest absolute Gasteiger partial charge is 0.494 e. The smallest absolute Gasteiger partial charge is 0.119 e. The van der Waals surface area contributed by atoms with Crippen molar-refractivity contribution in [2.45, 2.75) is 38.0 Å². The first-order valence-corrected chi connectivity index (χ1v) is 12.3. The summed E-state index contributed by atoms with van der Waals surface area (Å²) in [5.41, 5.74) is 5.40. The van der Waals surface area contributed by atoms with Gasteiger partial charge in [-0.3, -0.25) is 9.80 Å². The standard InChI is InChI=1S/C27H32N2OS/c1-4-30-25-12-8-22(9-13-25)19-28-16-17-29(20-23-7-5-6-21(2)18-23)27(28)24-10-14-26(31-3)15-11-24/h5-15,18,27H,4,16-17,19-20H2,1-3H3. The Hall–Kier alpha value is -2.27. The lowest BCUT2D eigenvalue weighted by Crippen LogP contribution is -2.30. The molecule has 4 rings (SSSR count). The van der Waals surface area contributed by atoms with E-state index in [2.05, 4.69) is 95.8 Å². The zero-order valence-electron chi connectivity index (χ0n) is 18.8. The lowest BCUT2D eigenvalue weighted by atomic mass is 10.1. The van der Waals surface area contributed by atoms with Gasteiger partial charge in [-0.1, -0.05) is 54.1 Å². The summed E-state index contributed by atoms with van der Waals surface area (Å²) in [6.07, 6.45) is 2.41. The Balaban J connectivity index is 1.57. The number of benzene rings is 3. The molecule has 1 fully saturated rings. The van der Waals surface area contributed by atoms with E-state index >= 15 is 0 Å². The van der Waals surface area contributed by atoms with Crippen molar-refractivity contribution in [2.75, 3.05) is 26.0 Å². The van der Waals surface area contributed by atoms with Crippen molar-refractivity contribution >= 4 is 11.8 Å². The van der Waals surface area contributed by atoms with Gasteiger partial charge in [0.1, 0.15) is 5.75 Å². The van der Waals surface area contributed by atoms with Gasteiger partial charge in [-0.15, -0.1) is 11.8 Å². The summed E-state index contributed by atoms with van der Waals surface area (Å²) in [6.45, 7) is 8.93. The molecule has 3 aromatic rings. The Kier molecular flexibility index (Phi) is 7.33. The molecular weight excluding hydrogens is 400 g/mol. The highest BCUT2D eigenvalue weighted by molar-refractivity contribution is 7.98. The fourth-order valence-corrected chi connectivity index (χ4v) is 4.81. The molecular formula is C27H32N2OS. The van der Waals surface area contributed by atoms with Crippen LogP contribution in [-0.2, 0) is 13.1 Å². The number of hydrogen-bond acceptors (Lipinski definition) is 4. The van der Waals surface area contributed by atoms with Crippen LogP contribution in [0.2, 0.25) is 0 Å². The first-order chi connectivity index (χ1) is 15.2. The first-order valence-electron chi connectivity index (χ1n) is 11.1. The third kappa shape index (κ3) is 5.51. The summed E-state index contributed by atoms with van der Waals surface area (Å²) in [7, 11) is 0. The molecule has 3 nitrogen and oxygen atoms in total. The van der Waals surface area contributed by atoms with Crippen LogP contribution >= 0.6 is 11.8 Å². The molecule has 0 aromatic heterocycles. The maximum atomic E-state index is 5.61. The summed E-state index contributed by atoms with van der Waals surface area (Å²) in [5, 5.41) is 0. The Morgan fingerprint density at radius 1 is 0.871 bits per heavy atom. The van der Waals surface area contributed by atoms with Crippen LogP contribution in [0.25, 0.3) is 0 Å². The van der Waals surface area contributed by atoms with Crippen molar-refractivity contribution in [2.24, 2.45) is 0 Å². The van der Waals surface area contributed by atoms with Crippen molar-refractivity contribution < 1.29 is 4.74 Å². The van der Waals surface area contributed by atoms with Crippen LogP contribution in [0.1, 0.15) is 35.3 Å². The second-order valence-electron chi connectivity index (χ2n) is 8.15. The van der Waals surface area contributed by atoms with Crippen molar-refractivity contribution in [3.8, 4) is 5.75 Å². The van der Waals surface area contributed by atoms with Crippen LogP contribution in [0.4, 0.5) is 0 Å². The predicted molar refractivity (Wildman–Crippen MR) is 131 cm³/mol. The van der Waals surface area contributed by atoms with E-state index in [-0.39, 0.29) is 6.17 Å². The Labute approximate surface area is 191 Å². The van der Waals surface area contributed by atoms with Crippen LogP contribution < -0.4 is 4.74 Å². The normalized spacial score (nSPS) is 17.2. The van der Waals surface area contributed by atoms with E-state index in [9.17, 15) is 0 Å². The van der Waals surface area contributed by atoms with E-state index in [0.717, 1.165) is 31.9 Å². The van der Waals surface area contributed by atoms with Crippen molar-refractivity contribution in [1.29, 1.82) is 0 Å². The summed E-state index contributed by atoms with van der Waals surface area (Å²) in [6, 6.07) is 26.6. The maximum absolute atomic E-state index is 5.61. The van der Waals surface area contributed by atoms with Crippen molar-refractivity contribution in [1.82, 2.24) is 9.80 Å². The van der Waals surface area contributed by atoms with Gasteiger partial charge in [0.2, 0.25) is 0 Å². The van der Waals surface area contributed by atoms with Gasteiger partial charge in [0.15, 0.2) is 0 Å². The van der Waals surface area contributed by atoms with Gasteiger partial charge in [0.05, 0.1) is 12.8 Å². The van der Waals surface area contributed by atoms with Crippen LogP contribution in [0.3, 0.4) is 0 Å². The molecule has 1 unspecified atom stereocenters. The van der Waals surface area contributed by atoms with Crippen LogP contribution in [0.5, 0.6) is 5.75 Å². The van der Waals surface area contributed by atoms with Crippen LogP contribution in [0.15, 0.2) is 77.7 Å². The van der Waals surface area contributed by atoms with E-state index in [1.54, 1.807) is 11.8 Å². The molecule has 1 atom stereocenters. The third-order valence-corrected chi connectivity index (χ3v) is 6.61. The SMILES string of the molecule is CCOc1ccc(CN2CCN(Cc3cccc(C)c3)C2c2ccc(SC)cc2)cc1. The van der Waals surface area contributed by atoms with E-state index in [1.807, 2.05) is 6.92 Å². The van der Waals surface area contributed by atoms with Gasteiger partial charge < -0.3 is 4.74 Å². The molecule has 1 heterocycles. The highest BCUT2D eigenvalue weighted by Crippen LogP contribution is 2.34. The number of nitrogens with zero attached hydrogens (tertiary/aromatic N) is 2. The van der Waals surface area contributed by atoms with Gasteiger partial charge in [0, 0.05) is 31.1 Å². The monoisotopic (exact) mass is 432 g/mol. The van der Waals surface area contributed by atoms with Gasteiger partial charge in [-0.2, -0.15) is 0 Å². The molecule has 4 heteroatoms. The van der Waals surface area contributed by atoms with E-state index in [0.29, 0.717) is 6.61 Å². The molecule has 0 saturated carbocycles. The van der Waals surface area contributed by atoms with Crippen molar-refractivity contribution in [3.63, 3.8) is 0 Å². The van der Waals surface area contributed by atoms with Crippen LogP contribution in [0, 0.1) is 6.92 Å². The second-order valence-corrected chi connectivity index (χ2v) is 9.03. The van der Waals surface area contributed by atoms with E-state index in [1.165, 1.54) is 27.1 Å². The Morgan fingerprint density at radius 3 is 2.16 bits per heavy atom. The summed E-state index contributed by atoms with van der Waals surface area (Å²) in [4.78, 5) is 6.52. The molecule has 0 N–H and O–H groups in total. The molecule has 1 aliphatic rings. The van der Waals surface area contributed by atoms with E-state index < -0.39 is 0 Å². The third-order valence-electron chi connectivity index (χ3n) is 5.87. The minimum absolute atomic E-state index is 0.281. The minimum atomic E-state index is 0.281. The van der Waals surface area contributed by atoms with E-state index in [4.69, 9.17) is 4.74 Å².